The van der Waals surface area contributed by atoms with Crippen LogP contribution < -0.4 is 9.47 Å². The fraction of sp³-hybridized carbons (Fsp3) is 0.0909. The third kappa shape index (κ3) is 4.40. The van der Waals surface area contributed by atoms with Crippen LogP contribution in [-0.2, 0) is 4.79 Å². The summed E-state index contributed by atoms with van der Waals surface area (Å²) in [5, 5.41) is 0.942. The lowest BCUT2D eigenvalue weighted by atomic mass is 10.2. The molecule has 0 bridgehead atoms. The first-order valence-corrected chi connectivity index (χ1v) is 10.2. The van der Waals surface area contributed by atoms with E-state index < -0.39 is 5.97 Å². The summed E-state index contributed by atoms with van der Waals surface area (Å²) in [5.41, 5.74) is 3.20. The van der Waals surface area contributed by atoms with E-state index in [1.165, 1.54) is 5.56 Å². The summed E-state index contributed by atoms with van der Waals surface area (Å²) >= 11 is 5.00. The second kappa shape index (κ2) is 8.12. The smallest absolute Gasteiger partial charge is 0.349 e. The molecule has 4 aromatic rings. The van der Waals surface area contributed by atoms with Gasteiger partial charge in [-0.15, -0.1) is 11.3 Å². The Bertz CT molecular complexity index is 1120. The molecular weight excluding hydrogens is 438 g/mol. The van der Waals surface area contributed by atoms with E-state index in [1.807, 2.05) is 30.3 Å². The van der Waals surface area contributed by atoms with E-state index in [4.69, 9.17) is 9.47 Å². The summed E-state index contributed by atoms with van der Waals surface area (Å²) in [6.45, 7) is 1.92. The Balaban J connectivity index is 1.39. The molecule has 28 heavy (non-hydrogen) atoms. The number of thiazole rings is 1. The number of benzene rings is 3. The summed E-state index contributed by atoms with van der Waals surface area (Å²) in [6.07, 6.45) is 0. The first-order valence-electron chi connectivity index (χ1n) is 8.63. The number of aromatic nitrogens is 1. The number of rotatable bonds is 5. The minimum absolute atomic E-state index is 0.152. The van der Waals surface area contributed by atoms with Crippen LogP contribution in [0.5, 0.6) is 11.5 Å². The molecule has 3 aromatic carbocycles. The minimum Gasteiger partial charge on any atom is -0.482 e. The molecule has 0 radical (unpaired) electrons. The zero-order chi connectivity index (χ0) is 19.5. The Morgan fingerprint density at radius 1 is 1.00 bits per heavy atom. The van der Waals surface area contributed by atoms with Gasteiger partial charge in [0, 0.05) is 10.0 Å². The van der Waals surface area contributed by atoms with Crippen LogP contribution in [0.15, 0.2) is 71.2 Å². The van der Waals surface area contributed by atoms with E-state index in [0.717, 1.165) is 25.3 Å². The van der Waals surface area contributed by atoms with E-state index in [0.29, 0.717) is 11.5 Å². The van der Waals surface area contributed by atoms with E-state index in [1.54, 1.807) is 35.6 Å². The largest absolute Gasteiger partial charge is 0.482 e. The Hall–Kier alpha value is -2.70. The summed E-state index contributed by atoms with van der Waals surface area (Å²) in [7, 11) is 0. The van der Waals surface area contributed by atoms with E-state index in [9.17, 15) is 4.79 Å². The normalized spacial score (nSPS) is 10.8. The first-order chi connectivity index (χ1) is 13.6. The number of carbonyl (C=O) groups is 1. The second-order valence-electron chi connectivity index (χ2n) is 6.23. The predicted octanol–water partition coefficient (Wildman–Crippen LogP) is 6.02. The minimum atomic E-state index is -0.453. The lowest BCUT2D eigenvalue weighted by molar-refractivity contribution is -0.136. The van der Waals surface area contributed by atoms with Gasteiger partial charge in [0.1, 0.15) is 16.5 Å². The molecule has 6 heteroatoms. The van der Waals surface area contributed by atoms with E-state index in [-0.39, 0.29) is 6.61 Å². The zero-order valence-electron chi connectivity index (χ0n) is 15.0. The summed E-state index contributed by atoms with van der Waals surface area (Å²) in [6, 6.07) is 20.8. The lowest BCUT2D eigenvalue weighted by Gasteiger charge is -2.07. The van der Waals surface area contributed by atoms with Gasteiger partial charge in [-0.25, -0.2) is 9.78 Å². The fourth-order valence-corrected chi connectivity index (χ4v) is 3.99. The van der Waals surface area contributed by atoms with Gasteiger partial charge in [0.2, 0.25) is 0 Å². The highest BCUT2D eigenvalue weighted by Gasteiger charge is 2.09. The maximum atomic E-state index is 12.0. The van der Waals surface area contributed by atoms with Gasteiger partial charge in [0.25, 0.3) is 0 Å². The van der Waals surface area contributed by atoms with Crippen molar-refractivity contribution < 1.29 is 14.3 Å². The van der Waals surface area contributed by atoms with Crippen molar-refractivity contribution in [3.05, 3.63) is 76.8 Å². The number of nitrogens with zero attached hydrogens (tertiary/aromatic N) is 1. The molecule has 0 N–H and O–H groups in total. The van der Waals surface area contributed by atoms with Gasteiger partial charge in [-0.1, -0.05) is 22.0 Å². The van der Waals surface area contributed by atoms with Crippen molar-refractivity contribution >= 4 is 43.5 Å². The Labute approximate surface area is 174 Å². The summed E-state index contributed by atoms with van der Waals surface area (Å²) in [4.78, 5) is 16.7. The van der Waals surface area contributed by atoms with Crippen molar-refractivity contribution in [2.75, 3.05) is 6.61 Å². The number of fused-ring (bicyclic) bond motifs is 1. The van der Waals surface area contributed by atoms with Crippen LogP contribution in [0.4, 0.5) is 0 Å². The van der Waals surface area contributed by atoms with Crippen LogP contribution in [-0.4, -0.2) is 17.6 Å². The highest BCUT2D eigenvalue weighted by molar-refractivity contribution is 9.10. The monoisotopic (exact) mass is 453 g/mol. The highest BCUT2D eigenvalue weighted by atomic mass is 79.9. The quantitative estimate of drug-likeness (QED) is 0.273. The number of carbonyl (C=O) groups excluding carboxylic acids is 1. The van der Waals surface area contributed by atoms with Gasteiger partial charge in [-0.2, -0.15) is 0 Å². The number of halogens is 1. The van der Waals surface area contributed by atoms with E-state index in [2.05, 4.69) is 40.0 Å². The van der Waals surface area contributed by atoms with Crippen molar-refractivity contribution in [2.24, 2.45) is 0 Å². The van der Waals surface area contributed by atoms with Crippen molar-refractivity contribution in [3.8, 4) is 22.1 Å². The third-order valence-electron chi connectivity index (χ3n) is 4.05. The number of ether oxygens (including phenoxy) is 2. The van der Waals surface area contributed by atoms with E-state index >= 15 is 0 Å². The average molecular weight is 454 g/mol. The van der Waals surface area contributed by atoms with Crippen molar-refractivity contribution in [1.29, 1.82) is 0 Å². The van der Waals surface area contributed by atoms with Gasteiger partial charge in [-0.05, 0) is 73.2 Å². The summed E-state index contributed by atoms with van der Waals surface area (Å²) in [5.74, 6) is 0.637. The molecule has 0 fully saturated rings. The molecule has 0 spiro atoms. The Morgan fingerprint density at radius 3 is 2.46 bits per heavy atom. The lowest BCUT2D eigenvalue weighted by Crippen LogP contribution is -2.17. The number of aryl methyl sites for hydroxylation is 1. The topological polar surface area (TPSA) is 48.4 Å². The number of hydrogen-bond donors (Lipinski definition) is 0. The highest BCUT2D eigenvalue weighted by Crippen LogP contribution is 2.31. The molecule has 1 aromatic heterocycles. The standard InChI is InChI=1S/C22H16BrNO3S/c1-14-2-11-19-20(12-14)28-22(24-19)15-3-7-18(8-4-15)27-21(25)13-26-17-9-5-16(23)6-10-17/h2-12H,13H2,1H3. The molecule has 0 aliphatic rings. The van der Waals surface area contributed by atoms with Crippen LogP contribution in [0.1, 0.15) is 5.56 Å². The molecule has 1 heterocycles. The van der Waals surface area contributed by atoms with Gasteiger partial charge < -0.3 is 9.47 Å². The average Bonchev–Trinajstić information content (AvgIpc) is 3.11. The van der Waals surface area contributed by atoms with Gasteiger partial charge in [-0.3, -0.25) is 0 Å². The van der Waals surface area contributed by atoms with Crippen molar-refractivity contribution in [3.63, 3.8) is 0 Å². The molecule has 0 saturated heterocycles. The van der Waals surface area contributed by atoms with Crippen LogP contribution >= 0.6 is 27.3 Å². The van der Waals surface area contributed by atoms with Crippen molar-refractivity contribution in [1.82, 2.24) is 4.98 Å². The first kappa shape index (κ1) is 18.7. The van der Waals surface area contributed by atoms with Crippen LogP contribution in [0.2, 0.25) is 0 Å². The zero-order valence-corrected chi connectivity index (χ0v) is 17.4. The van der Waals surface area contributed by atoms with Gasteiger partial charge in [0.15, 0.2) is 6.61 Å². The van der Waals surface area contributed by atoms with Crippen LogP contribution in [0.25, 0.3) is 20.8 Å². The molecule has 0 aliphatic carbocycles. The maximum absolute atomic E-state index is 12.0. The van der Waals surface area contributed by atoms with Gasteiger partial charge >= 0.3 is 5.97 Å². The molecule has 0 amide bonds. The Morgan fingerprint density at radius 2 is 1.71 bits per heavy atom. The number of esters is 1. The third-order valence-corrected chi connectivity index (χ3v) is 5.64. The molecular formula is C22H16BrNO3S. The molecule has 0 saturated carbocycles. The SMILES string of the molecule is Cc1ccc2nc(-c3ccc(OC(=O)COc4ccc(Br)cc4)cc3)sc2c1. The number of hydrogen-bond acceptors (Lipinski definition) is 5. The molecule has 0 atom stereocenters. The van der Waals surface area contributed by atoms with Gasteiger partial charge in [0.05, 0.1) is 10.2 Å². The second-order valence-corrected chi connectivity index (χ2v) is 8.18. The van der Waals surface area contributed by atoms with Crippen molar-refractivity contribution in [2.45, 2.75) is 6.92 Å². The fourth-order valence-electron chi connectivity index (χ4n) is 2.65. The predicted molar refractivity (Wildman–Crippen MR) is 115 cm³/mol. The molecule has 0 unspecified atom stereocenters. The Kier molecular flexibility index (Phi) is 5.41. The summed E-state index contributed by atoms with van der Waals surface area (Å²) < 4.78 is 12.9. The molecule has 4 nitrogen and oxygen atoms in total. The molecule has 0 aliphatic heterocycles. The maximum Gasteiger partial charge on any atom is 0.349 e. The van der Waals surface area contributed by atoms with Crippen LogP contribution in [0, 0.1) is 6.92 Å². The molecule has 4 rings (SSSR count). The van der Waals surface area contributed by atoms with Crippen LogP contribution in [0.3, 0.4) is 0 Å². The molecule has 140 valence electrons.